The second-order valence-corrected chi connectivity index (χ2v) is 6.45. The number of nitrogens with zero attached hydrogens (tertiary/aromatic N) is 2. The first kappa shape index (κ1) is 17.5. The van der Waals surface area contributed by atoms with Crippen molar-refractivity contribution in [1.82, 2.24) is 10.2 Å². The van der Waals surface area contributed by atoms with Gasteiger partial charge in [-0.3, -0.25) is 4.79 Å². The molecule has 0 aliphatic rings. The van der Waals surface area contributed by atoms with Gasteiger partial charge in [0.1, 0.15) is 0 Å². The number of rotatable bonds is 7. The summed E-state index contributed by atoms with van der Waals surface area (Å²) in [6.07, 6.45) is 0.865. The minimum Gasteiger partial charge on any atom is -0.414 e. The van der Waals surface area contributed by atoms with E-state index in [1.54, 1.807) is 0 Å². The number of anilines is 1. The number of hydrogen-bond acceptors (Lipinski definition) is 6. The summed E-state index contributed by atoms with van der Waals surface area (Å²) in [5.74, 6) is 0.710. The van der Waals surface area contributed by atoms with E-state index in [4.69, 9.17) is 10.2 Å². The van der Waals surface area contributed by atoms with Gasteiger partial charge in [-0.05, 0) is 24.0 Å². The number of aryl methyl sites for hydroxylation is 1. The molecule has 23 heavy (non-hydrogen) atoms. The number of carbonyl (C=O) groups is 1. The van der Waals surface area contributed by atoms with E-state index in [-0.39, 0.29) is 23.6 Å². The highest BCUT2D eigenvalue weighted by atomic mass is 32.2. The molecule has 1 atom stereocenters. The van der Waals surface area contributed by atoms with E-state index >= 15 is 0 Å². The van der Waals surface area contributed by atoms with Gasteiger partial charge in [-0.2, -0.15) is 0 Å². The van der Waals surface area contributed by atoms with Crippen molar-refractivity contribution in [1.29, 1.82) is 0 Å². The maximum Gasteiger partial charge on any atom is 0.277 e. The number of thioether (sulfide) groups is 1. The first-order chi connectivity index (χ1) is 11.0. The van der Waals surface area contributed by atoms with E-state index in [9.17, 15) is 4.79 Å². The van der Waals surface area contributed by atoms with Crippen molar-refractivity contribution in [3.63, 3.8) is 0 Å². The van der Waals surface area contributed by atoms with Gasteiger partial charge in [-0.15, -0.1) is 10.2 Å². The Morgan fingerprint density at radius 3 is 2.78 bits per heavy atom. The van der Waals surface area contributed by atoms with Crippen LogP contribution < -0.4 is 11.1 Å². The fraction of sp³-hybridized carbons (Fsp3) is 0.438. The molecule has 1 aromatic carbocycles. The molecule has 1 aromatic heterocycles. The molecule has 2 rings (SSSR count). The maximum atomic E-state index is 12.1. The van der Waals surface area contributed by atoms with Crippen LogP contribution in [0.15, 0.2) is 33.9 Å². The normalized spacial score (nSPS) is 12.4. The van der Waals surface area contributed by atoms with Gasteiger partial charge in [-0.25, -0.2) is 0 Å². The van der Waals surface area contributed by atoms with E-state index in [2.05, 4.69) is 22.4 Å². The molecule has 0 aliphatic heterocycles. The van der Waals surface area contributed by atoms with Crippen LogP contribution in [0.1, 0.15) is 38.3 Å². The fourth-order valence-corrected chi connectivity index (χ4v) is 2.53. The molecule has 0 fully saturated rings. The van der Waals surface area contributed by atoms with E-state index in [1.807, 2.05) is 38.1 Å². The molecule has 2 aromatic rings. The Labute approximate surface area is 140 Å². The lowest BCUT2D eigenvalue weighted by molar-refractivity contribution is -0.113. The van der Waals surface area contributed by atoms with Crippen molar-refractivity contribution in [3.8, 4) is 0 Å². The number of aromatic nitrogens is 2. The lowest BCUT2D eigenvalue weighted by atomic mass is 10.1. The van der Waals surface area contributed by atoms with Crippen LogP contribution >= 0.6 is 11.8 Å². The summed E-state index contributed by atoms with van der Waals surface area (Å²) >= 11 is 1.20. The lowest BCUT2D eigenvalue weighted by Gasteiger charge is -2.09. The molecule has 3 N–H and O–H groups in total. The second-order valence-electron chi connectivity index (χ2n) is 5.52. The van der Waals surface area contributed by atoms with E-state index in [1.165, 1.54) is 11.8 Å². The average molecular weight is 334 g/mol. The van der Waals surface area contributed by atoms with Crippen LogP contribution in [0.25, 0.3) is 0 Å². The van der Waals surface area contributed by atoms with Crippen LogP contribution in [0.5, 0.6) is 0 Å². The lowest BCUT2D eigenvalue weighted by Crippen LogP contribution is -2.16. The summed E-state index contributed by atoms with van der Waals surface area (Å²) in [6.45, 7) is 6.03. The number of para-hydroxylation sites is 1. The van der Waals surface area contributed by atoms with Gasteiger partial charge in [0.15, 0.2) is 0 Å². The minimum absolute atomic E-state index is 0.108. The Morgan fingerprint density at radius 1 is 1.35 bits per heavy atom. The van der Waals surface area contributed by atoms with Crippen LogP contribution in [0.2, 0.25) is 0 Å². The molecular weight excluding hydrogens is 312 g/mol. The largest absolute Gasteiger partial charge is 0.414 e. The van der Waals surface area contributed by atoms with Gasteiger partial charge in [-0.1, -0.05) is 50.7 Å². The quantitative estimate of drug-likeness (QED) is 0.756. The Kier molecular flexibility index (Phi) is 6.18. The highest BCUT2D eigenvalue weighted by Gasteiger charge is 2.18. The van der Waals surface area contributed by atoms with Crippen LogP contribution in [0.4, 0.5) is 5.69 Å². The summed E-state index contributed by atoms with van der Waals surface area (Å²) in [5, 5.41) is 11.1. The molecule has 0 radical (unpaired) electrons. The Bertz CT molecular complexity index is 657. The van der Waals surface area contributed by atoms with E-state index < -0.39 is 0 Å². The fourth-order valence-electron chi connectivity index (χ4n) is 1.96. The summed E-state index contributed by atoms with van der Waals surface area (Å²) in [4.78, 5) is 12.1. The maximum absolute atomic E-state index is 12.1. The summed E-state index contributed by atoms with van der Waals surface area (Å²) < 4.78 is 5.49. The van der Waals surface area contributed by atoms with Crippen molar-refractivity contribution in [2.75, 3.05) is 11.1 Å². The molecule has 1 unspecified atom stereocenters. The predicted octanol–water partition coefficient (Wildman–Crippen LogP) is 3.02. The molecule has 0 saturated carbocycles. The molecule has 6 nitrogen and oxygen atoms in total. The molecule has 124 valence electrons. The highest BCUT2D eigenvalue weighted by molar-refractivity contribution is 7.99. The number of nitrogens with two attached hydrogens (primary N) is 1. The third-order valence-electron chi connectivity index (χ3n) is 3.42. The van der Waals surface area contributed by atoms with Crippen molar-refractivity contribution in [2.45, 2.75) is 38.5 Å². The molecule has 7 heteroatoms. The number of nitrogens with one attached hydrogen (secondary N) is 1. The van der Waals surface area contributed by atoms with Crippen LogP contribution in [-0.4, -0.2) is 21.9 Å². The topological polar surface area (TPSA) is 94.0 Å². The number of amides is 1. The third-order valence-corrected chi connectivity index (χ3v) is 4.24. The molecule has 0 spiro atoms. The summed E-state index contributed by atoms with van der Waals surface area (Å²) in [7, 11) is 0. The first-order valence-electron chi connectivity index (χ1n) is 7.60. The molecule has 0 aliphatic carbocycles. The zero-order valence-corrected chi connectivity index (χ0v) is 14.4. The first-order valence-corrected chi connectivity index (χ1v) is 8.59. The highest BCUT2D eigenvalue weighted by Crippen LogP contribution is 2.23. The SMILES string of the molecule is CCc1ccccc1NC(=O)CSc1nnc(C(N)C(C)C)o1. The number of hydrogen-bond donors (Lipinski definition) is 2. The smallest absolute Gasteiger partial charge is 0.277 e. The third kappa shape index (κ3) is 4.80. The van der Waals surface area contributed by atoms with E-state index in [0.29, 0.717) is 11.1 Å². The average Bonchev–Trinajstić information content (AvgIpc) is 3.01. The van der Waals surface area contributed by atoms with Gasteiger partial charge in [0.2, 0.25) is 11.8 Å². The molecule has 1 heterocycles. The van der Waals surface area contributed by atoms with Gasteiger partial charge in [0, 0.05) is 5.69 Å². The van der Waals surface area contributed by atoms with Gasteiger partial charge in [0.25, 0.3) is 5.22 Å². The van der Waals surface area contributed by atoms with Crippen molar-refractivity contribution in [3.05, 3.63) is 35.7 Å². The molecule has 0 saturated heterocycles. The zero-order valence-electron chi connectivity index (χ0n) is 13.6. The van der Waals surface area contributed by atoms with Crippen molar-refractivity contribution < 1.29 is 9.21 Å². The molecule has 0 bridgehead atoms. The van der Waals surface area contributed by atoms with Gasteiger partial charge < -0.3 is 15.5 Å². The number of benzene rings is 1. The van der Waals surface area contributed by atoms with Crippen LogP contribution in [0.3, 0.4) is 0 Å². The Morgan fingerprint density at radius 2 is 2.09 bits per heavy atom. The van der Waals surface area contributed by atoms with Crippen molar-refractivity contribution >= 4 is 23.4 Å². The standard InChI is InChI=1S/C16H22N4O2S/c1-4-11-7-5-6-8-12(11)18-13(21)9-23-16-20-19-15(22-16)14(17)10(2)3/h5-8,10,14H,4,9,17H2,1-3H3,(H,18,21). The predicted molar refractivity (Wildman–Crippen MR) is 91.2 cm³/mol. The molecule has 1 amide bonds. The van der Waals surface area contributed by atoms with Gasteiger partial charge in [0.05, 0.1) is 11.8 Å². The van der Waals surface area contributed by atoms with Crippen LogP contribution in [-0.2, 0) is 11.2 Å². The van der Waals surface area contributed by atoms with Crippen LogP contribution in [0, 0.1) is 5.92 Å². The van der Waals surface area contributed by atoms with E-state index in [0.717, 1.165) is 17.7 Å². The molecular formula is C16H22N4O2S. The van der Waals surface area contributed by atoms with Crippen molar-refractivity contribution in [2.24, 2.45) is 11.7 Å². The Hall–Kier alpha value is -1.86. The van der Waals surface area contributed by atoms with Gasteiger partial charge >= 0.3 is 0 Å². The second kappa shape index (κ2) is 8.12. The summed E-state index contributed by atoms with van der Waals surface area (Å²) in [5.41, 5.74) is 7.90. The Balaban J connectivity index is 1.90. The zero-order chi connectivity index (χ0) is 16.8. The monoisotopic (exact) mass is 334 g/mol. The number of carbonyl (C=O) groups excluding carboxylic acids is 1. The summed E-state index contributed by atoms with van der Waals surface area (Å²) in [6, 6.07) is 7.47. The minimum atomic E-state index is -0.290.